The molecule has 2 aromatic carbocycles. The zero-order valence-electron chi connectivity index (χ0n) is 15.8. The number of nitrogens with one attached hydrogen (secondary N) is 1. The van der Waals surface area contributed by atoms with Crippen LogP contribution in [-0.4, -0.2) is 18.4 Å². The lowest BCUT2D eigenvalue weighted by molar-refractivity contribution is -0.116. The van der Waals surface area contributed by atoms with Gasteiger partial charge in [0.05, 0.1) is 5.69 Å². The molecule has 28 heavy (non-hydrogen) atoms. The molecular formula is C23H23FN2O2. The molecule has 1 N–H and O–H groups in total. The Balaban J connectivity index is 1.52. The zero-order chi connectivity index (χ0) is 19.3. The van der Waals surface area contributed by atoms with E-state index in [4.69, 9.17) is 0 Å². The molecule has 5 rings (SSSR count). The Bertz CT molecular complexity index is 979. The number of nitrogens with zero attached hydrogens (tertiary/aromatic N) is 1. The first-order valence-electron chi connectivity index (χ1n) is 10.1. The van der Waals surface area contributed by atoms with Gasteiger partial charge in [0, 0.05) is 35.2 Å². The molecule has 1 aliphatic carbocycles. The van der Waals surface area contributed by atoms with E-state index < -0.39 is 0 Å². The number of fused-ring (bicyclic) bond motifs is 3. The van der Waals surface area contributed by atoms with Gasteiger partial charge in [-0.1, -0.05) is 18.9 Å². The van der Waals surface area contributed by atoms with Gasteiger partial charge in [0.2, 0.25) is 5.91 Å². The Morgan fingerprint density at radius 1 is 1.07 bits per heavy atom. The summed E-state index contributed by atoms with van der Waals surface area (Å²) >= 11 is 0. The van der Waals surface area contributed by atoms with Crippen molar-refractivity contribution in [3.63, 3.8) is 0 Å². The van der Waals surface area contributed by atoms with E-state index in [0.29, 0.717) is 18.5 Å². The van der Waals surface area contributed by atoms with Crippen LogP contribution < -0.4 is 10.2 Å². The number of hydrogen-bond acceptors (Lipinski definition) is 2. The minimum absolute atomic E-state index is 0.0185. The van der Waals surface area contributed by atoms with Crippen molar-refractivity contribution < 1.29 is 14.0 Å². The Morgan fingerprint density at radius 3 is 2.71 bits per heavy atom. The summed E-state index contributed by atoms with van der Waals surface area (Å²) in [6.45, 7) is 0.552. The van der Waals surface area contributed by atoms with Crippen LogP contribution in [0.5, 0.6) is 0 Å². The summed E-state index contributed by atoms with van der Waals surface area (Å²) in [5, 5.41) is 2.91. The van der Waals surface area contributed by atoms with Crippen LogP contribution in [0.25, 0.3) is 0 Å². The fourth-order valence-electron chi connectivity index (χ4n) is 5.23. The van der Waals surface area contributed by atoms with E-state index in [9.17, 15) is 14.0 Å². The number of aryl methyl sites for hydroxylation is 1. The minimum atomic E-state index is -0.240. The number of rotatable bonds is 1. The van der Waals surface area contributed by atoms with Crippen LogP contribution in [0, 0.1) is 5.82 Å². The maximum atomic E-state index is 14.8. The van der Waals surface area contributed by atoms with Crippen molar-refractivity contribution >= 4 is 23.2 Å². The van der Waals surface area contributed by atoms with Crippen LogP contribution in [0.2, 0.25) is 0 Å². The quantitative estimate of drug-likeness (QED) is 0.790. The lowest BCUT2D eigenvalue weighted by atomic mass is 9.80. The molecule has 3 aliphatic rings. The van der Waals surface area contributed by atoms with Crippen molar-refractivity contribution in [3.8, 4) is 0 Å². The van der Waals surface area contributed by atoms with Crippen molar-refractivity contribution in [1.82, 2.24) is 0 Å². The summed E-state index contributed by atoms with van der Waals surface area (Å²) < 4.78 is 14.8. The highest BCUT2D eigenvalue weighted by Crippen LogP contribution is 2.51. The van der Waals surface area contributed by atoms with E-state index in [-0.39, 0.29) is 23.0 Å². The third kappa shape index (κ3) is 2.64. The second-order valence-electron chi connectivity index (χ2n) is 8.29. The Kier molecular flexibility index (Phi) is 4.00. The van der Waals surface area contributed by atoms with Crippen LogP contribution in [0.3, 0.4) is 0 Å². The standard InChI is InChI=1S/C23H23FN2O2/c24-17-6-4-7-19-21(17)23(11-1-2-12-23)14-26(19)22(28)16-9-10-18-15(13-16)5-3-8-20(27)25-18/h4,6-7,9-10,13H,1-3,5,8,11-12,14H2,(H,25,27). The number of carbonyl (C=O) groups is 2. The lowest BCUT2D eigenvalue weighted by Crippen LogP contribution is -2.35. The third-order valence-electron chi connectivity index (χ3n) is 6.56. The molecule has 2 aromatic rings. The van der Waals surface area contributed by atoms with Gasteiger partial charge < -0.3 is 10.2 Å². The summed E-state index contributed by atoms with van der Waals surface area (Å²) in [6, 6.07) is 10.5. The number of halogens is 1. The molecule has 2 amide bonds. The molecule has 1 spiro atoms. The van der Waals surface area contributed by atoms with Gasteiger partial charge >= 0.3 is 0 Å². The average molecular weight is 378 g/mol. The van der Waals surface area contributed by atoms with Gasteiger partial charge in [0.15, 0.2) is 0 Å². The number of amides is 2. The smallest absolute Gasteiger partial charge is 0.258 e. The van der Waals surface area contributed by atoms with Gasteiger partial charge in [-0.05, 0) is 61.6 Å². The Morgan fingerprint density at radius 2 is 1.89 bits per heavy atom. The molecule has 2 aliphatic heterocycles. The molecule has 0 bridgehead atoms. The molecule has 1 fully saturated rings. The van der Waals surface area contributed by atoms with Gasteiger partial charge in [0.1, 0.15) is 5.82 Å². The highest BCUT2D eigenvalue weighted by atomic mass is 19.1. The van der Waals surface area contributed by atoms with Crippen molar-refractivity contribution in [1.29, 1.82) is 0 Å². The molecule has 0 radical (unpaired) electrons. The van der Waals surface area contributed by atoms with Crippen LogP contribution in [-0.2, 0) is 16.6 Å². The average Bonchev–Trinajstić information content (AvgIpc) is 3.23. The first kappa shape index (κ1) is 17.4. The topological polar surface area (TPSA) is 49.4 Å². The number of anilines is 2. The largest absolute Gasteiger partial charge is 0.326 e. The molecule has 0 saturated heterocycles. The maximum Gasteiger partial charge on any atom is 0.258 e. The van der Waals surface area contributed by atoms with E-state index >= 15 is 0 Å². The predicted molar refractivity (Wildman–Crippen MR) is 106 cm³/mol. The van der Waals surface area contributed by atoms with Crippen molar-refractivity contribution in [2.45, 2.75) is 50.4 Å². The van der Waals surface area contributed by atoms with Gasteiger partial charge in [-0.15, -0.1) is 0 Å². The monoisotopic (exact) mass is 378 g/mol. The summed E-state index contributed by atoms with van der Waals surface area (Å²) in [6.07, 6.45) is 6.06. The van der Waals surface area contributed by atoms with Gasteiger partial charge in [-0.2, -0.15) is 0 Å². The fourth-order valence-corrected chi connectivity index (χ4v) is 5.23. The van der Waals surface area contributed by atoms with Gasteiger partial charge in [0.25, 0.3) is 5.91 Å². The molecule has 0 unspecified atom stereocenters. The third-order valence-corrected chi connectivity index (χ3v) is 6.56. The summed E-state index contributed by atoms with van der Waals surface area (Å²) in [5.41, 5.74) is 3.58. The number of hydrogen-bond donors (Lipinski definition) is 1. The summed E-state index contributed by atoms with van der Waals surface area (Å²) in [4.78, 5) is 26.9. The van der Waals surface area contributed by atoms with Gasteiger partial charge in [-0.25, -0.2) is 4.39 Å². The summed E-state index contributed by atoms with van der Waals surface area (Å²) in [7, 11) is 0. The first-order chi connectivity index (χ1) is 13.6. The molecule has 2 heterocycles. The van der Waals surface area contributed by atoms with Crippen LogP contribution in [0.15, 0.2) is 36.4 Å². The van der Waals surface area contributed by atoms with E-state index in [2.05, 4.69) is 5.32 Å². The molecule has 1 saturated carbocycles. The molecule has 144 valence electrons. The normalized spacial score (nSPS) is 19.9. The maximum absolute atomic E-state index is 14.8. The van der Waals surface area contributed by atoms with Crippen molar-refractivity contribution in [2.75, 3.05) is 16.8 Å². The zero-order valence-corrected chi connectivity index (χ0v) is 15.8. The highest BCUT2D eigenvalue weighted by molar-refractivity contribution is 6.08. The molecule has 0 atom stereocenters. The van der Waals surface area contributed by atoms with E-state index in [1.807, 2.05) is 18.2 Å². The molecule has 5 heteroatoms. The molecule has 0 aromatic heterocycles. The summed E-state index contributed by atoms with van der Waals surface area (Å²) in [5.74, 6) is -0.265. The first-order valence-corrected chi connectivity index (χ1v) is 10.1. The van der Waals surface area contributed by atoms with Crippen molar-refractivity contribution in [2.24, 2.45) is 0 Å². The molecule has 4 nitrogen and oxygen atoms in total. The SMILES string of the molecule is O=C1CCCc2cc(C(=O)N3CC4(CCCC4)c4c(F)cccc43)ccc2N1. The highest BCUT2D eigenvalue weighted by Gasteiger charge is 2.48. The molecular weight excluding hydrogens is 355 g/mol. The van der Waals surface area contributed by atoms with Crippen LogP contribution in [0.1, 0.15) is 60.0 Å². The second-order valence-corrected chi connectivity index (χ2v) is 8.29. The van der Waals surface area contributed by atoms with Crippen molar-refractivity contribution in [3.05, 3.63) is 58.9 Å². The van der Waals surface area contributed by atoms with E-state index in [1.165, 1.54) is 6.07 Å². The van der Waals surface area contributed by atoms with Crippen LogP contribution in [0.4, 0.5) is 15.8 Å². The number of benzene rings is 2. The fraction of sp³-hybridized carbons (Fsp3) is 0.391. The van der Waals surface area contributed by atoms with Crippen LogP contribution >= 0.6 is 0 Å². The lowest BCUT2D eigenvalue weighted by Gasteiger charge is -2.25. The minimum Gasteiger partial charge on any atom is -0.326 e. The van der Waals surface area contributed by atoms with E-state index in [0.717, 1.165) is 61.0 Å². The second kappa shape index (κ2) is 6.43. The predicted octanol–water partition coefficient (Wildman–Crippen LogP) is 4.57. The van der Waals surface area contributed by atoms with Gasteiger partial charge in [-0.3, -0.25) is 9.59 Å². The number of carbonyl (C=O) groups excluding carboxylic acids is 2. The Labute approximate surface area is 163 Å². The van der Waals surface area contributed by atoms with E-state index in [1.54, 1.807) is 17.0 Å². The Hall–Kier alpha value is -2.69.